The number of pyridine rings is 1. The molecule has 1 aromatic heterocycles. The summed E-state index contributed by atoms with van der Waals surface area (Å²) < 4.78 is 7.10. The van der Waals surface area contributed by atoms with Gasteiger partial charge in [0.05, 0.1) is 7.11 Å². The number of carbonyl (C=O) groups excluding carboxylic acids is 1. The van der Waals surface area contributed by atoms with Crippen LogP contribution in [-0.4, -0.2) is 35.6 Å². The van der Waals surface area contributed by atoms with Gasteiger partial charge in [0.2, 0.25) is 0 Å². The summed E-state index contributed by atoms with van der Waals surface area (Å²) in [5, 5.41) is 0.651. The van der Waals surface area contributed by atoms with Crippen LogP contribution in [0.1, 0.15) is 28.4 Å². The molecule has 1 saturated heterocycles. The lowest BCUT2D eigenvalue weighted by molar-refractivity contribution is 0.0594. The summed E-state index contributed by atoms with van der Waals surface area (Å²) in [6.45, 7) is 1.93. The van der Waals surface area contributed by atoms with Gasteiger partial charge in [-0.1, -0.05) is 23.7 Å². The smallest absolute Gasteiger partial charge is 0.258 e. The van der Waals surface area contributed by atoms with E-state index < -0.39 is 0 Å². The highest BCUT2D eigenvalue weighted by atomic mass is 35.5. The fourth-order valence-electron chi connectivity index (χ4n) is 4.88. The first kappa shape index (κ1) is 19.9. The minimum Gasteiger partial charge on any atom is -0.497 e. The molecule has 1 amide bonds. The van der Waals surface area contributed by atoms with E-state index in [4.69, 9.17) is 16.3 Å². The Morgan fingerprint density at radius 1 is 0.968 bits per heavy atom. The number of carbonyl (C=O) groups is 1. The van der Waals surface area contributed by atoms with Crippen molar-refractivity contribution in [2.24, 2.45) is 5.92 Å². The van der Waals surface area contributed by atoms with Gasteiger partial charge in [0.15, 0.2) is 0 Å². The van der Waals surface area contributed by atoms with Crippen molar-refractivity contribution in [2.45, 2.75) is 18.9 Å². The second-order valence-electron chi connectivity index (χ2n) is 8.33. The van der Waals surface area contributed by atoms with Crippen LogP contribution in [-0.2, 0) is 6.54 Å². The average molecular weight is 435 g/mol. The predicted octanol–water partition coefficient (Wildman–Crippen LogP) is 4.44. The first-order valence-corrected chi connectivity index (χ1v) is 10.8. The highest BCUT2D eigenvalue weighted by Gasteiger charge is 2.37. The fraction of sp³-hybridized carbons (Fsp3) is 0.280. The average Bonchev–Trinajstić information content (AvgIpc) is 2.80. The lowest BCUT2D eigenvalue weighted by Crippen LogP contribution is -2.49. The summed E-state index contributed by atoms with van der Waals surface area (Å²) in [6.07, 6.45) is 1.01. The molecule has 158 valence electrons. The molecule has 3 aromatic rings. The summed E-state index contributed by atoms with van der Waals surface area (Å²) >= 11 is 6.00. The summed E-state index contributed by atoms with van der Waals surface area (Å²) in [5.74, 6) is 1.20. The summed E-state index contributed by atoms with van der Waals surface area (Å²) in [7, 11) is 1.61. The molecular weight excluding hydrogens is 412 g/mol. The number of halogens is 1. The number of nitrogens with zero attached hydrogens (tertiary/aromatic N) is 2. The van der Waals surface area contributed by atoms with Gasteiger partial charge >= 0.3 is 0 Å². The summed E-state index contributed by atoms with van der Waals surface area (Å²) in [5.41, 5.74) is 3.27. The monoisotopic (exact) mass is 434 g/mol. The quantitative estimate of drug-likeness (QED) is 0.612. The van der Waals surface area contributed by atoms with Crippen molar-refractivity contribution < 1.29 is 9.53 Å². The van der Waals surface area contributed by atoms with Crippen molar-refractivity contribution in [2.75, 3.05) is 20.2 Å². The Kier molecular flexibility index (Phi) is 5.06. The third kappa shape index (κ3) is 3.63. The molecule has 5 nitrogen and oxygen atoms in total. The van der Waals surface area contributed by atoms with Gasteiger partial charge in [0.1, 0.15) is 5.75 Å². The molecule has 0 spiro atoms. The highest BCUT2D eigenvalue weighted by molar-refractivity contribution is 6.30. The van der Waals surface area contributed by atoms with Crippen LogP contribution in [0.5, 0.6) is 5.75 Å². The van der Waals surface area contributed by atoms with E-state index in [1.807, 2.05) is 58.0 Å². The molecule has 3 heterocycles. The maximum absolute atomic E-state index is 13.3. The van der Waals surface area contributed by atoms with Crippen LogP contribution in [0.2, 0.25) is 5.02 Å². The molecule has 31 heavy (non-hydrogen) atoms. The van der Waals surface area contributed by atoms with E-state index in [0.717, 1.165) is 23.4 Å². The number of rotatable bonds is 3. The molecule has 0 saturated carbocycles. The maximum Gasteiger partial charge on any atom is 0.258 e. The van der Waals surface area contributed by atoms with E-state index in [2.05, 4.69) is 0 Å². The Morgan fingerprint density at radius 3 is 2.42 bits per heavy atom. The van der Waals surface area contributed by atoms with Gasteiger partial charge in [-0.2, -0.15) is 0 Å². The van der Waals surface area contributed by atoms with Gasteiger partial charge in [0.25, 0.3) is 11.5 Å². The van der Waals surface area contributed by atoms with Crippen molar-refractivity contribution in [3.8, 4) is 16.9 Å². The Morgan fingerprint density at radius 2 is 1.71 bits per heavy atom. The number of hydrogen-bond acceptors (Lipinski definition) is 3. The largest absolute Gasteiger partial charge is 0.497 e. The molecule has 0 aliphatic carbocycles. The number of piperidine rings is 1. The molecule has 5 rings (SSSR count). The van der Waals surface area contributed by atoms with E-state index in [1.54, 1.807) is 19.2 Å². The topological polar surface area (TPSA) is 51.5 Å². The second kappa shape index (κ2) is 7.89. The van der Waals surface area contributed by atoms with Gasteiger partial charge in [0, 0.05) is 47.4 Å². The maximum atomic E-state index is 13.3. The molecule has 0 radical (unpaired) electrons. The van der Waals surface area contributed by atoms with Crippen LogP contribution in [0.4, 0.5) is 0 Å². The standard InChI is InChI=1S/C25H23ClN2O3/c1-31-21-8-4-18(5-9-21)24(29)27-13-16-12-19(15-27)23-11-10-22(25(30)28(23)14-16)17-2-6-20(26)7-3-17/h2-11,16,19H,12-15H2,1H3/t16-,19-/m1/s1. The number of methoxy groups -OCH3 is 1. The fourth-order valence-corrected chi connectivity index (χ4v) is 5.00. The van der Waals surface area contributed by atoms with E-state index in [9.17, 15) is 9.59 Å². The predicted molar refractivity (Wildman–Crippen MR) is 121 cm³/mol. The number of amides is 1. The molecule has 2 bridgehead atoms. The van der Waals surface area contributed by atoms with E-state index >= 15 is 0 Å². The minimum atomic E-state index is 0.0319. The zero-order valence-corrected chi connectivity index (χ0v) is 18.0. The Balaban J connectivity index is 1.42. The number of ether oxygens (including phenoxy) is 1. The lowest BCUT2D eigenvalue weighted by atomic mass is 9.82. The van der Waals surface area contributed by atoms with Gasteiger partial charge in [-0.15, -0.1) is 0 Å². The van der Waals surface area contributed by atoms with E-state index in [0.29, 0.717) is 35.8 Å². The lowest BCUT2D eigenvalue weighted by Gasteiger charge is -2.43. The summed E-state index contributed by atoms with van der Waals surface area (Å²) in [4.78, 5) is 28.3. The zero-order valence-electron chi connectivity index (χ0n) is 17.3. The van der Waals surface area contributed by atoms with E-state index in [1.165, 1.54) is 0 Å². The van der Waals surface area contributed by atoms with Crippen LogP contribution in [0.3, 0.4) is 0 Å². The Labute approximate surface area is 185 Å². The SMILES string of the molecule is COc1ccc(C(=O)N2C[C@H]3C[C@H](C2)c2ccc(-c4ccc(Cl)cc4)c(=O)n2C3)cc1. The molecule has 2 aliphatic rings. The van der Waals surface area contributed by atoms with Crippen molar-refractivity contribution in [3.05, 3.63) is 87.3 Å². The molecular formula is C25H23ClN2O3. The first-order chi connectivity index (χ1) is 15.0. The van der Waals surface area contributed by atoms with Crippen LogP contribution >= 0.6 is 11.6 Å². The molecule has 0 N–H and O–H groups in total. The Hall–Kier alpha value is -3.05. The van der Waals surface area contributed by atoms with Gasteiger partial charge in [-0.3, -0.25) is 9.59 Å². The minimum absolute atomic E-state index is 0.0319. The van der Waals surface area contributed by atoms with Crippen LogP contribution in [0.25, 0.3) is 11.1 Å². The third-order valence-electron chi connectivity index (χ3n) is 6.38. The van der Waals surface area contributed by atoms with Crippen molar-refractivity contribution in [1.82, 2.24) is 9.47 Å². The highest BCUT2D eigenvalue weighted by Crippen LogP contribution is 2.36. The van der Waals surface area contributed by atoms with Crippen LogP contribution in [0, 0.1) is 5.92 Å². The van der Waals surface area contributed by atoms with Crippen molar-refractivity contribution in [1.29, 1.82) is 0 Å². The van der Waals surface area contributed by atoms with E-state index in [-0.39, 0.29) is 23.3 Å². The third-order valence-corrected chi connectivity index (χ3v) is 6.64. The van der Waals surface area contributed by atoms with Gasteiger partial charge in [-0.25, -0.2) is 0 Å². The zero-order chi connectivity index (χ0) is 21.5. The Bertz CT molecular complexity index is 1180. The molecule has 2 atom stereocenters. The van der Waals surface area contributed by atoms with Crippen molar-refractivity contribution in [3.63, 3.8) is 0 Å². The second-order valence-corrected chi connectivity index (χ2v) is 8.77. The van der Waals surface area contributed by atoms with Crippen LogP contribution < -0.4 is 10.3 Å². The molecule has 6 heteroatoms. The van der Waals surface area contributed by atoms with Gasteiger partial charge < -0.3 is 14.2 Å². The normalized spacial score (nSPS) is 19.6. The molecule has 0 unspecified atom stereocenters. The number of hydrogen-bond donors (Lipinski definition) is 0. The molecule has 2 aromatic carbocycles. The van der Waals surface area contributed by atoms with Crippen molar-refractivity contribution >= 4 is 17.5 Å². The number of likely N-dealkylation sites (tertiary alicyclic amines) is 1. The first-order valence-electron chi connectivity index (χ1n) is 10.5. The van der Waals surface area contributed by atoms with Crippen LogP contribution in [0.15, 0.2) is 65.5 Å². The van der Waals surface area contributed by atoms with Gasteiger partial charge in [-0.05, 0) is 66.4 Å². The summed E-state index contributed by atoms with van der Waals surface area (Å²) in [6, 6.07) is 18.6. The number of aromatic nitrogens is 1. The number of benzene rings is 2. The molecule has 1 fully saturated rings. The number of fused-ring (bicyclic) bond motifs is 4. The molecule has 2 aliphatic heterocycles.